The number of hydrogen-bond donors (Lipinski definition) is 5. The summed E-state index contributed by atoms with van der Waals surface area (Å²) >= 11 is 0. The number of nitrogens with zero attached hydrogens (tertiary/aromatic N) is 1. The molecule has 1 aliphatic carbocycles. The Kier molecular flexibility index (Phi) is 21.2. The van der Waals surface area contributed by atoms with E-state index < -0.39 is 29.3 Å². The van der Waals surface area contributed by atoms with Gasteiger partial charge in [0.15, 0.2) is 34.2 Å². The predicted octanol–water partition coefficient (Wildman–Crippen LogP) is 8.62. The lowest BCUT2D eigenvalue weighted by Gasteiger charge is -2.21. The molecule has 1 atom stereocenters. The first-order chi connectivity index (χ1) is 29.5. The number of ketones is 1. The van der Waals surface area contributed by atoms with E-state index in [9.17, 15) is 29.1 Å². The topological polar surface area (TPSA) is 238 Å². The van der Waals surface area contributed by atoms with E-state index in [0.717, 1.165) is 17.7 Å². The van der Waals surface area contributed by atoms with Crippen LogP contribution < -0.4 is 14.2 Å². The largest absolute Gasteiger partial charge is 0.504 e. The average molecular weight is 852 g/mol. The van der Waals surface area contributed by atoms with Crippen molar-refractivity contribution in [2.45, 2.75) is 64.7 Å². The number of allylic oxidation sites excluding steroid dienone is 1. The summed E-state index contributed by atoms with van der Waals surface area (Å²) < 4.78 is 15.0. The molecule has 0 amide bonds. The number of carbonyl (C=O) groups is 5. The number of nitriles is 1. The number of carboxylic acid groups (broad SMARTS) is 4. The number of benzene rings is 4. The van der Waals surface area contributed by atoms with Gasteiger partial charge in [-0.15, -0.1) is 0 Å². The third-order valence-electron chi connectivity index (χ3n) is 9.52. The SMILES string of the molecule is CC(C#N)(Cc1ccccc1)C(=O)O.COc1cc(C=C(C)C(=O)O)ccc1O.COc1cccc(CC(=O)O)c1OC.O=C(O)C=CC(=O)c1ccc(C2CCCCC2)cc1. The summed E-state index contributed by atoms with van der Waals surface area (Å²) in [4.78, 5) is 54.0. The van der Waals surface area contributed by atoms with E-state index >= 15 is 0 Å². The predicted molar refractivity (Wildman–Crippen MR) is 232 cm³/mol. The zero-order chi connectivity index (χ0) is 46.2. The molecule has 14 heteroatoms. The number of ether oxygens (including phenoxy) is 3. The van der Waals surface area contributed by atoms with Crippen molar-refractivity contribution >= 4 is 35.7 Å². The van der Waals surface area contributed by atoms with Gasteiger partial charge in [0.25, 0.3) is 0 Å². The van der Waals surface area contributed by atoms with Gasteiger partial charge in [-0.25, -0.2) is 9.59 Å². The van der Waals surface area contributed by atoms with Crippen LogP contribution in [0.25, 0.3) is 6.08 Å². The molecule has 62 heavy (non-hydrogen) atoms. The molecule has 0 bridgehead atoms. The molecule has 0 saturated heterocycles. The first-order valence-electron chi connectivity index (χ1n) is 19.4. The third-order valence-corrected chi connectivity index (χ3v) is 9.52. The van der Waals surface area contributed by atoms with Crippen LogP contribution in [0, 0.1) is 16.7 Å². The van der Waals surface area contributed by atoms with Crippen LogP contribution in [-0.4, -0.2) is 76.5 Å². The van der Waals surface area contributed by atoms with Gasteiger partial charge in [-0.05, 0) is 79.6 Å². The summed E-state index contributed by atoms with van der Waals surface area (Å²) in [6, 6.07) is 28.4. The maximum absolute atomic E-state index is 11.7. The third kappa shape index (κ3) is 17.1. The lowest BCUT2D eigenvalue weighted by Crippen LogP contribution is -2.28. The van der Waals surface area contributed by atoms with Crippen LogP contribution in [0.3, 0.4) is 0 Å². The number of phenolic OH excluding ortho intramolecular Hbond substituents is 1. The maximum atomic E-state index is 11.7. The van der Waals surface area contributed by atoms with Gasteiger partial charge in [0.2, 0.25) is 0 Å². The zero-order valence-corrected chi connectivity index (χ0v) is 35.4. The highest BCUT2D eigenvalue weighted by molar-refractivity contribution is 6.06. The average Bonchev–Trinajstić information content (AvgIpc) is 3.27. The van der Waals surface area contributed by atoms with E-state index in [-0.39, 0.29) is 29.9 Å². The molecule has 0 radical (unpaired) electrons. The van der Waals surface area contributed by atoms with Crippen molar-refractivity contribution in [2.75, 3.05) is 21.3 Å². The quantitative estimate of drug-likeness (QED) is 0.0590. The molecule has 1 fully saturated rings. The fourth-order valence-corrected chi connectivity index (χ4v) is 6.12. The number of aliphatic carboxylic acids is 4. The Bertz CT molecular complexity index is 2220. The van der Waals surface area contributed by atoms with Crippen LogP contribution in [-0.2, 0) is 32.0 Å². The fraction of sp³-hybridized carbons (Fsp3) is 0.292. The standard InChI is InChI=1S/C16H18O3.C11H11NO2.C11H12O4.C10H12O4/c17-15(10-11-16(18)19)14-8-6-13(7-9-14)12-4-2-1-3-5-12;1-11(8-12,10(13)14)7-9-5-3-2-4-6-9;1-7(11(13)14)5-8-3-4-9(12)10(6-8)15-2;1-13-8-5-3-4-7(6-9(11)12)10(8)14-2/h6-12H,1-5H2,(H,18,19);2-6H,7H2,1H3,(H,13,14);3-6,12H,1-2H3,(H,13,14);3-5H,6H2,1-2H3,(H,11,12). The smallest absolute Gasteiger partial charge is 0.331 e. The minimum absolute atomic E-state index is 0.0302. The first-order valence-corrected chi connectivity index (χ1v) is 19.4. The number of carbonyl (C=O) groups excluding carboxylic acids is 1. The molecule has 4 aromatic carbocycles. The second kappa shape index (κ2) is 25.9. The van der Waals surface area contributed by atoms with E-state index in [1.807, 2.05) is 48.5 Å². The summed E-state index contributed by atoms with van der Waals surface area (Å²) in [6.07, 6.45) is 9.99. The molecule has 5 rings (SSSR count). The second-order valence-electron chi connectivity index (χ2n) is 14.2. The first kappa shape index (κ1) is 50.7. The molecular formula is C48H53NO13. The molecule has 1 saturated carbocycles. The van der Waals surface area contributed by atoms with Crippen molar-refractivity contribution in [3.63, 3.8) is 0 Å². The molecule has 328 valence electrons. The van der Waals surface area contributed by atoms with Gasteiger partial charge >= 0.3 is 23.9 Å². The molecule has 5 N–H and O–H groups in total. The van der Waals surface area contributed by atoms with Crippen LogP contribution in [0.15, 0.2) is 109 Å². The summed E-state index contributed by atoms with van der Waals surface area (Å²) in [5.74, 6) is -2.31. The van der Waals surface area contributed by atoms with Gasteiger partial charge in [-0.2, -0.15) is 5.26 Å². The Balaban J connectivity index is 0.000000287. The van der Waals surface area contributed by atoms with Gasteiger partial charge in [-0.1, -0.05) is 92.1 Å². The van der Waals surface area contributed by atoms with Crippen molar-refractivity contribution in [3.05, 3.63) is 137 Å². The molecule has 0 spiro atoms. The summed E-state index contributed by atoms with van der Waals surface area (Å²) in [7, 11) is 4.44. The van der Waals surface area contributed by atoms with E-state index in [0.29, 0.717) is 39.9 Å². The highest BCUT2D eigenvalue weighted by Crippen LogP contribution is 2.33. The normalized spacial score (nSPS) is 13.1. The number of hydrogen-bond acceptors (Lipinski definition) is 10. The monoisotopic (exact) mass is 851 g/mol. The van der Waals surface area contributed by atoms with Crippen molar-refractivity contribution in [2.24, 2.45) is 5.41 Å². The number of aromatic hydroxyl groups is 1. The lowest BCUT2D eigenvalue weighted by molar-refractivity contribution is -0.144. The van der Waals surface area contributed by atoms with Crippen LogP contribution in [0.1, 0.15) is 84.5 Å². The van der Waals surface area contributed by atoms with Gasteiger partial charge in [0.1, 0.15) is 0 Å². The number of carboxylic acids is 4. The van der Waals surface area contributed by atoms with Crippen molar-refractivity contribution in [1.29, 1.82) is 5.26 Å². The highest BCUT2D eigenvalue weighted by Gasteiger charge is 2.33. The van der Waals surface area contributed by atoms with Crippen LogP contribution in [0.5, 0.6) is 23.0 Å². The summed E-state index contributed by atoms with van der Waals surface area (Å²) in [6.45, 7) is 2.93. The lowest BCUT2D eigenvalue weighted by atomic mass is 9.84. The summed E-state index contributed by atoms with van der Waals surface area (Å²) in [5.41, 5.74) is 2.86. The Morgan fingerprint density at radius 2 is 1.40 bits per heavy atom. The van der Waals surface area contributed by atoms with Crippen molar-refractivity contribution < 1.29 is 63.7 Å². The molecule has 1 unspecified atom stereocenters. The molecule has 0 aromatic heterocycles. The minimum Gasteiger partial charge on any atom is -0.504 e. The van der Waals surface area contributed by atoms with Gasteiger partial charge in [0.05, 0.1) is 33.8 Å². The van der Waals surface area contributed by atoms with E-state index in [4.69, 9.17) is 39.9 Å². The highest BCUT2D eigenvalue weighted by atomic mass is 16.5. The van der Waals surface area contributed by atoms with E-state index in [1.54, 1.807) is 42.5 Å². The van der Waals surface area contributed by atoms with Gasteiger partial charge in [-0.3, -0.25) is 14.4 Å². The van der Waals surface area contributed by atoms with Crippen molar-refractivity contribution in [1.82, 2.24) is 0 Å². The maximum Gasteiger partial charge on any atom is 0.331 e. The number of para-hydroxylation sites is 1. The number of methoxy groups -OCH3 is 3. The van der Waals surface area contributed by atoms with Crippen LogP contribution >= 0.6 is 0 Å². The summed E-state index contributed by atoms with van der Waals surface area (Å²) in [5, 5.41) is 52.8. The van der Waals surface area contributed by atoms with Crippen LogP contribution in [0.2, 0.25) is 0 Å². The number of rotatable bonds is 14. The van der Waals surface area contributed by atoms with Crippen LogP contribution in [0.4, 0.5) is 0 Å². The minimum atomic E-state index is -1.33. The fourth-order valence-electron chi connectivity index (χ4n) is 6.12. The van der Waals surface area contributed by atoms with Gasteiger partial charge < -0.3 is 39.7 Å². The molecule has 1 aliphatic rings. The Labute approximate surface area is 361 Å². The molecular weight excluding hydrogens is 799 g/mol. The Hall–Kier alpha value is -7.40. The number of phenols is 1. The second-order valence-corrected chi connectivity index (χ2v) is 14.2. The van der Waals surface area contributed by atoms with E-state index in [2.05, 4.69) is 0 Å². The van der Waals surface area contributed by atoms with E-state index in [1.165, 1.54) is 85.0 Å². The Morgan fingerprint density at radius 1 is 0.774 bits per heavy atom. The molecule has 14 nitrogen and oxygen atoms in total. The zero-order valence-electron chi connectivity index (χ0n) is 35.4. The van der Waals surface area contributed by atoms with Gasteiger partial charge in [0, 0.05) is 29.2 Å². The molecule has 4 aromatic rings. The van der Waals surface area contributed by atoms with Crippen molar-refractivity contribution in [3.8, 4) is 29.1 Å². The molecule has 0 heterocycles. The molecule has 0 aliphatic heterocycles. The Morgan fingerprint density at radius 3 is 1.92 bits per heavy atom.